The number of hydrogen-bond acceptors (Lipinski definition) is 8. The van der Waals surface area contributed by atoms with Gasteiger partial charge < -0.3 is 20.1 Å². The minimum Gasteiger partial charge on any atom is -0.467 e. The number of rotatable bonds is 10. The monoisotopic (exact) mass is 407 g/mol. The molecule has 10 nitrogen and oxygen atoms in total. The first-order valence-electron chi connectivity index (χ1n) is 8.83. The standard InChI is InChI=1S/C19H25N3O7/c1-12(2)9-15(19(25)29-4)21-17(23)11-20-14-7-5-13(6-8-18(24)28-3)10-16(14)22(26)27/h5-8,10,12,15,20H,9,11H2,1-4H3,(H,21,23)/b8-6+/t15-/m0/s1. The molecule has 1 aromatic carbocycles. The van der Waals surface area contributed by atoms with Crippen LogP contribution in [0.1, 0.15) is 25.8 Å². The number of nitro benzene ring substituents is 1. The number of esters is 2. The highest BCUT2D eigenvalue weighted by atomic mass is 16.6. The lowest BCUT2D eigenvalue weighted by Gasteiger charge is -2.18. The van der Waals surface area contributed by atoms with Crippen molar-refractivity contribution in [2.24, 2.45) is 5.92 Å². The molecule has 1 atom stereocenters. The summed E-state index contributed by atoms with van der Waals surface area (Å²) in [6, 6.07) is 3.43. The van der Waals surface area contributed by atoms with Crippen LogP contribution in [0.4, 0.5) is 11.4 Å². The van der Waals surface area contributed by atoms with Crippen LogP contribution >= 0.6 is 0 Å². The third-order valence-electron chi connectivity index (χ3n) is 3.80. The number of anilines is 1. The van der Waals surface area contributed by atoms with E-state index in [4.69, 9.17) is 0 Å². The molecule has 0 aliphatic carbocycles. The summed E-state index contributed by atoms with van der Waals surface area (Å²) in [5, 5.41) is 16.6. The van der Waals surface area contributed by atoms with Gasteiger partial charge in [0.1, 0.15) is 11.7 Å². The summed E-state index contributed by atoms with van der Waals surface area (Å²) < 4.78 is 9.16. The Balaban J connectivity index is 2.85. The number of amides is 1. The summed E-state index contributed by atoms with van der Waals surface area (Å²) >= 11 is 0. The molecule has 2 N–H and O–H groups in total. The van der Waals surface area contributed by atoms with E-state index in [2.05, 4.69) is 20.1 Å². The van der Waals surface area contributed by atoms with Crippen molar-refractivity contribution in [1.29, 1.82) is 0 Å². The maximum atomic E-state index is 12.2. The number of nitrogens with zero attached hydrogens (tertiary/aromatic N) is 1. The van der Waals surface area contributed by atoms with E-state index in [1.807, 2.05) is 13.8 Å². The Bertz CT molecular complexity index is 790. The average Bonchev–Trinajstić information content (AvgIpc) is 2.68. The zero-order valence-electron chi connectivity index (χ0n) is 16.8. The number of carbonyl (C=O) groups is 3. The molecule has 1 amide bonds. The smallest absolute Gasteiger partial charge is 0.330 e. The Morgan fingerprint density at radius 1 is 1.21 bits per heavy atom. The van der Waals surface area contributed by atoms with Crippen molar-refractivity contribution >= 4 is 35.3 Å². The summed E-state index contributed by atoms with van der Waals surface area (Å²) in [6.45, 7) is 3.53. The van der Waals surface area contributed by atoms with Crippen LogP contribution in [-0.2, 0) is 23.9 Å². The second-order valence-corrected chi connectivity index (χ2v) is 6.52. The highest BCUT2D eigenvalue weighted by molar-refractivity contribution is 5.88. The predicted octanol–water partition coefficient (Wildman–Crippen LogP) is 1.90. The summed E-state index contributed by atoms with van der Waals surface area (Å²) in [7, 11) is 2.46. The van der Waals surface area contributed by atoms with E-state index in [0.29, 0.717) is 12.0 Å². The number of benzene rings is 1. The molecule has 0 spiro atoms. The largest absolute Gasteiger partial charge is 0.467 e. The summed E-state index contributed by atoms with van der Waals surface area (Å²) in [5.41, 5.74) is 0.273. The summed E-state index contributed by atoms with van der Waals surface area (Å²) in [4.78, 5) is 45.8. The van der Waals surface area contributed by atoms with Gasteiger partial charge in [-0.05, 0) is 30.0 Å². The van der Waals surface area contributed by atoms with Crippen LogP contribution in [0.3, 0.4) is 0 Å². The van der Waals surface area contributed by atoms with E-state index in [-0.39, 0.29) is 23.8 Å². The van der Waals surface area contributed by atoms with Crippen LogP contribution < -0.4 is 10.6 Å². The highest BCUT2D eigenvalue weighted by Crippen LogP contribution is 2.26. The van der Waals surface area contributed by atoms with Crippen molar-refractivity contribution in [2.45, 2.75) is 26.3 Å². The molecule has 0 unspecified atom stereocenters. The quantitative estimate of drug-likeness (QED) is 0.260. The maximum absolute atomic E-state index is 12.2. The van der Waals surface area contributed by atoms with Gasteiger partial charge in [-0.1, -0.05) is 19.9 Å². The molecule has 10 heteroatoms. The Kier molecular flexibility index (Phi) is 9.30. The maximum Gasteiger partial charge on any atom is 0.330 e. The number of nitro groups is 1. The Labute approximate surface area is 168 Å². The lowest BCUT2D eigenvalue weighted by molar-refractivity contribution is -0.384. The fourth-order valence-electron chi connectivity index (χ4n) is 2.43. The number of nitrogens with one attached hydrogen (secondary N) is 2. The van der Waals surface area contributed by atoms with Gasteiger partial charge in [-0.15, -0.1) is 0 Å². The second kappa shape index (κ2) is 11.4. The number of methoxy groups -OCH3 is 2. The molecule has 0 aliphatic rings. The van der Waals surface area contributed by atoms with Crippen molar-refractivity contribution in [3.8, 4) is 0 Å². The average molecular weight is 407 g/mol. The fourth-order valence-corrected chi connectivity index (χ4v) is 2.43. The predicted molar refractivity (Wildman–Crippen MR) is 106 cm³/mol. The van der Waals surface area contributed by atoms with Crippen LogP contribution in [0.25, 0.3) is 6.08 Å². The number of carbonyl (C=O) groups excluding carboxylic acids is 3. The van der Waals surface area contributed by atoms with E-state index in [1.165, 1.54) is 32.4 Å². The molecule has 29 heavy (non-hydrogen) atoms. The molecule has 158 valence electrons. The highest BCUT2D eigenvalue weighted by Gasteiger charge is 2.23. The van der Waals surface area contributed by atoms with E-state index in [9.17, 15) is 24.5 Å². The SMILES string of the molecule is COC(=O)/C=C/c1ccc(NCC(=O)N[C@@H](CC(C)C)C(=O)OC)c([N+](=O)[O-])c1. The van der Waals surface area contributed by atoms with Crippen molar-refractivity contribution in [3.63, 3.8) is 0 Å². The molecule has 0 radical (unpaired) electrons. The Morgan fingerprint density at radius 3 is 2.45 bits per heavy atom. The van der Waals surface area contributed by atoms with Gasteiger partial charge in [0.15, 0.2) is 0 Å². The molecule has 0 saturated carbocycles. The Morgan fingerprint density at radius 2 is 1.90 bits per heavy atom. The number of hydrogen-bond donors (Lipinski definition) is 2. The lowest BCUT2D eigenvalue weighted by Crippen LogP contribution is -2.44. The van der Waals surface area contributed by atoms with Gasteiger partial charge in [-0.2, -0.15) is 0 Å². The minimum absolute atomic E-state index is 0.124. The molecule has 0 bridgehead atoms. The van der Waals surface area contributed by atoms with Gasteiger partial charge in [0, 0.05) is 12.1 Å². The van der Waals surface area contributed by atoms with Crippen molar-refractivity contribution in [3.05, 3.63) is 40.0 Å². The van der Waals surface area contributed by atoms with Gasteiger partial charge in [0.25, 0.3) is 5.69 Å². The van der Waals surface area contributed by atoms with E-state index >= 15 is 0 Å². The minimum atomic E-state index is -0.796. The van der Waals surface area contributed by atoms with E-state index in [0.717, 1.165) is 6.08 Å². The van der Waals surface area contributed by atoms with Crippen molar-refractivity contribution < 1.29 is 28.8 Å². The van der Waals surface area contributed by atoms with Crippen LogP contribution in [0.5, 0.6) is 0 Å². The number of ether oxygens (including phenoxy) is 2. The summed E-state index contributed by atoms with van der Waals surface area (Å²) in [6.07, 6.45) is 2.92. The first kappa shape index (κ1) is 23.6. The molecule has 1 aromatic rings. The molecule has 0 fully saturated rings. The third kappa shape index (κ3) is 7.99. The van der Waals surface area contributed by atoms with E-state index < -0.39 is 28.8 Å². The van der Waals surface area contributed by atoms with Crippen molar-refractivity contribution in [2.75, 3.05) is 26.1 Å². The van der Waals surface area contributed by atoms with Gasteiger partial charge in [0.05, 0.1) is 25.7 Å². The van der Waals surface area contributed by atoms with Gasteiger partial charge in [-0.25, -0.2) is 9.59 Å². The fraction of sp³-hybridized carbons (Fsp3) is 0.421. The molecule has 0 heterocycles. The van der Waals surface area contributed by atoms with Crippen LogP contribution in [-0.4, -0.2) is 49.6 Å². The molecular formula is C19H25N3O7. The summed E-state index contributed by atoms with van der Waals surface area (Å²) in [5.74, 6) is -1.50. The van der Waals surface area contributed by atoms with E-state index in [1.54, 1.807) is 6.07 Å². The van der Waals surface area contributed by atoms with Gasteiger partial charge in [-0.3, -0.25) is 14.9 Å². The van der Waals surface area contributed by atoms with Crippen LogP contribution in [0, 0.1) is 16.0 Å². The Hall–Kier alpha value is -3.43. The zero-order chi connectivity index (χ0) is 22.0. The normalized spacial score (nSPS) is 11.8. The second-order valence-electron chi connectivity index (χ2n) is 6.52. The van der Waals surface area contributed by atoms with Gasteiger partial charge >= 0.3 is 11.9 Å². The van der Waals surface area contributed by atoms with Gasteiger partial charge in [0.2, 0.25) is 5.91 Å². The molecule has 0 aromatic heterocycles. The topological polar surface area (TPSA) is 137 Å². The lowest BCUT2D eigenvalue weighted by atomic mass is 10.0. The van der Waals surface area contributed by atoms with Crippen molar-refractivity contribution in [1.82, 2.24) is 5.32 Å². The molecular weight excluding hydrogens is 382 g/mol. The molecule has 0 aliphatic heterocycles. The zero-order valence-corrected chi connectivity index (χ0v) is 16.8. The van der Waals surface area contributed by atoms with Crippen LogP contribution in [0.15, 0.2) is 24.3 Å². The molecule has 0 saturated heterocycles. The molecule has 1 rings (SSSR count). The first-order chi connectivity index (χ1) is 13.7. The first-order valence-corrected chi connectivity index (χ1v) is 8.83. The van der Waals surface area contributed by atoms with Crippen LogP contribution in [0.2, 0.25) is 0 Å². The third-order valence-corrected chi connectivity index (χ3v) is 3.80.